The molecule has 2 aromatic rings. The Balaban J connectivity index is 1.92. The van der Waals surface area contributed by atoms with Crippen molar-refractivity contribution in [1.82, 2.24) is 5.32 Å². The van der Waals surface area contributed by atoms with E-state index in [1.165, 1.54) is 0 Å². The van der Waals surface area contributed by atoms with Crippen LogP contribution in [0.15, 0.2) is 51.8 Å². The molecule has 0 unspecified atom stereocenters. The Morgan fingerprint density at radius 1 is 1.29 bits per heavy atom. The van der Waals surface area contributed by atoms with Gasteiger partial charge in [-0.1, -0.05) is 28.1 Å². The summed E-state index contributed by atoms with van der Waals surface area (Å²) in [5, 5.41) is 2.90. The van der Waals surface area contributed by atoms with E-state index in [1.807, 2.05) is 30.3 Å². The van der Waals surface area contributed by atoms with Crippen molar-refractivity contribution >= 4 is 34.5 Å². The van der Waals surface area contributed by atoms with Gasteiger partial charge in [0.05, 0.1) is 12.7 Å². The Labute approximate surface area is 138 Å². The zero-order valence-electron chi connectivity index (χ0n) is 11.6. The van der Waals surface area contributed by atoms with Crippen LogP contribution >= 0.6 is 28.6 Å². The molecule has 0 aliphatic heterocycles. The van der Waals surface area contributed by atoms with Gasteiger partial charge >= 0.3 is 0 Å². The second kappa shape index (κ2) is 7.52. The Morgan fingerprint density at radius 2 is 2.10 bits per heavy atom. The normalized spacial score (nSPS) is 10.2. The van der Waals surface area contributed by atoms with E-state index in [0.717, 1.165) is 22.2 Å². The number of thiol groups is 1. The second-order valence-corrected chi connectivity index (χ2v) is 5.92. The van der Waals surface area contributed by atoms with Crippen molar-refractivity contribution in [2.45, 2.75) is 11.3 Å². The van der Waals surface area contributed by atoms with E-state index in [4.69, 9.17) is 4.74 Å². The highest BCUT2D eigenvalue weighted by molar-refractivity contribution is 9.10. The van der Waals surface area contributed by atoms with Gasteiger partial charge in [-0.25, -0.2) is 0 Å². The predicted octanol–water partition coefficient (Wildman–Crippen LogP) is 3.72. The van der Waals surface area contributed by atoms with Gasteiger partial charge in [0.25, 0.3) is 5.91 Å². The molecule has 0 spiro atoms. The maximum Gasteiger partial charge on any atom is 0.252 e. The van der Waals surface area contributed by atoms with E-state index < -0.39 is 0 Å². The number of carbonyl (C=O) groups excluding carboxylic acids is 1. The number of methoxy groups -OCH3 is 1. The number of ether oxygens (including phenoxy) is 1. The molecule has 0 aliphatic rings. The Kier molecular flexibility index (Phi) is 5.70. The zero-order valence-corrected chi connectivity index (χ0v) is 14.1. The molecule has 5 heteroatoms. The first-order valence-corrected chi connectivity index (χ1v) is 7.74. The fourth-order valence-electron chi connectivity index (χ4n) is 1.94. The monoisotopic (exact) mass is 365 g/mol. The van der Waals surface area contributed by atoms with E-state index in [0.29, 0.717) is 17.0 Å². The van der Waals surface area contributed by atoms with Crippen LogP contribution in [0, 0.1) is 0 Å². The van der Waals surface area contributed by atoms with Crippen LogP contribution < -0.4 is 10.1 Å². The Morgan fingerprint density at radius 3 is 2.81 bits per heavy atom. The van der Waals surface area contributed by atoms with Crippen molar-refractivity contribution in [3.8, 4) is 5.75 Å². The molecule has 0 atom stereocenters. The van der Waals surface area contributed by atoms with Crippen LogP contribution in [0.5, 0.6) is 5.75 Å². The molecule has 1 N–H and O–H groups in total. The smallest absolute Gasteiger partial charge is 0.252 e. The van der Waals surface area contributed by atoms with E-state index in [9.17, 15) is 4.79 Å². The zero-order chi connectivity index (χ0) is 15.2. The third kappa shape index (κ3) is 4.51. The van der Waals surface area contributed by atoms with Crippen molar-refractivity contribution < 1.29 is 9.53 Å². The van der Waals surface area contributed by atoms with Crippen molar-refractivity contribution in [3.05, 3.63) is 58.1 Å². The van der Waals surface area contributed by atoms with Crippen LogP contribution in [-0.4, -0.2) is 19.6 Å². The number of carbonyl (C=O) groups is 1. The van der Waals surface area contributed by atoms with Gasteiger partial charge in [-0.15, -0.1) is 12.6 Å². The van der Waals surface area contributed by atoms with Crippen LogP contribution in [-0.2, 0) is 6.42 Å². The van der Waals surface area contributed by atoms with Gasteiger partial charge in [0, 0.05) is 15.9 Å². The summed E-state index contributed by atoms with van der Waals surface area (Å²) >= 11 is 7.67. The summed E-state index contributed by atoms with van der Waals surface area (Å²) < 4.78 is 6.08. The van der Waals surface area contributed by atoms with E-state index in [-0.39, 0.29) is 5.91 Å². The second-order valence-electron chi connectivity index (χ2n) is 4.52. The average Bonchev–Trinajstić information content (AvgIpc) is 2.47. The van der Waals surface area contributed by atoms with Gasteiger partial charge in [0.1, 0.15) is 5.75 Å². The van der Waals surface area contributed by atoms with E-state index in [1.54, 1.807) is 19.2 Å². The summed E-state index contributed by atoms with van der Waals surface area (Å²) in [7, 11) is 1.64. The lowest BCUT2D eigenvalue weighted by molar-refractivity contribution is 0.0951. The average molecular weight is 366 g/mol. The molecule has 0 fully saturated rings. The van der Waals surface area contributed by atoms with Crippen LogP contribution in [0.25, 0.3) is 0 Å². The fraction of sp³-hybridized carbons (Fsp3) is 0.188. The van der Waals surface area contributed by atoms with Crippen molar-refractivity contribution in [1.29, 1.82) is 0 Å². The molecule has 0 bridgehead atoms. The highest BCUT2D eigenvalue weighted by Gasteiger charge is 2.09. The lowest BCUT2D eigenvalue weighted by Crippen LogP contribution is -2.26. The first kappa shape index (κ1) is 15.9. The first-order valence-electron chi connectivity index (χ1n) is 6.50. The molecular formula is C16H16BrNO2S. The minimum atomic E-state index is -0.115. The third-order valence-electron chi connectivity index (χ3n) is 3.04. The fourth-order valence-corrected chi connectivity index (χ4v) is 2.79. The van der Waals surface area contributed by atoms with Gasteiger partial charge in [-0.2, -0.15) is 0 Å². The SMILES string of the molecule is COc1cccc(CCNC(=O)c2ccc(Br)cc2S)c1. The standard InChI is InChI=1S/C16H16BrNO2S/c1-20-13-4-2-3-11(9-13)7-8-18-16(19)14-6-5-12(17)10-15(14)21/h2-6,9-10,21H,7-8H2,1H3,(H,18,19). The van der Waals surface area contributed by atoms with Gasteiger partial charge in [-0.05, 0) is 42.3 Å². The highest BCUT2D eigenvalue weighted by Crippen LogP contribution is 2.19. The first-order chi connectivity index (χ1) is 10.1. The number of halogens is 1. The molecule has 0 radical (unpaired) electrons. The maximum absolute atomic E-state index is 12.1. The summed E-state index contributed by atoms with van der Waals surface area (Å²) in [4.78, 5) is 12.7. The van der Waals surface area contributed by atoms with Gasteiger partial charge in [0.15, 0.2) is 0 Å². The quantitative estimate of drug-likeness (QED) is 0.792. The summed E-state index contributed by atoms with van der Waals surface area (Å²) in [6, 6.07) is 13.2. The molecule has 0 saturated heterocycles. The lowest BCUT2D eigenvalue weighted by Gasteiger charge is -2.08. The molecule has 3 nitrogen and oxygen atoms in total. The number of amides is 1. The Bertz CT molecular complexity index is 646. The Hall–Kier alpha value is -1.46. The number of benzene rings is 2. The maximum atomic E-state index is 12.1. The van der Waals surface area contributed by atoms with E-state index >= 15 is 0 Å². The number of hydrogen-bond acceptors (Lipinski definition) is 3. The molecule has 0 heterocycles. The lowest BCUT2D eigenvalue weighted by atomic mass is 10.1. The van der Waals surface area contributed by atoms with Crippen LogP contribution in [0.2, 0.25) is 0 Å². The molecule has 0 aromatic heterocycles. The minimum Gasteiger partial charge on any atom is -0.497 e. The number of nitrogens with one attached hydrogen (secondary N) is 1. The van der Waals surface area contributed by atoms with Crippen LogP contribution in [0.1, 0.15) is 15.9 Å². The molecule has 2 aromatic carbocycles. The van der Waals surface area contributed by atoms with Gasteiger partial charge in [0.2, 0.25) is 0 Å². The molecule has 21 heavy (non-hydrogen) atoms. The third-order valence-corrected chi connectivity index (χ3v) is 3.90. The largest absolute Gasteiger partial charge is 0.497 e. The molecule has 0 aliphatic carbocycles. The summed E-state index contributed by atoms with van der Waals surface area (Å²) in [5.41, 5.74) is 1.70. The molecule has 2 rings (SSSR count). The van der Waals surface area contributed by atoms with Crippen molar-refractivity contribution in [2.75, 3.05) is 13.7 Å². The van der Waals surface area contributed by atoms with Crippen molar-refractivity contribution in [3.63, 3.8) is 0 Å². The minimum absolute atomic E-state index is 0.115. The molecule has 1 amide bonds. The molecular weight excluding hydrogens is 350 g/mol. The van der Waals surface area contributed by atoms with Crippen molar-refractivity contribution in [2.24, 2.45) is 0 Å². The molecule has 110 valence electrons. The van der Waals surface area contributed by atoms with Gasteiger partial charge < -0.3 is 10.1 Å². The van der Waals surface area contributed by atoms with E-state index in [2.05, 4.69) is 33.9 Å². The highest BCUT2D eigenvalue weighted by atomic mass is 79.9. The predicted molar refractivity (Wildman–Crippen MR) is 90.4 cm³/mol. The topological polar surface area (TPSA) is 38.3 Å². The van der Waals surface area contributed by atoms with Crippen LogP contribution in [0.3, 0.4) is 0 Å². The number of hydrogen-bond donors (Lipinski definition) is 2. The van der Waals surface area contributed by atoms with Crippen LogP contribution in [0.4, 0.5) is 0 Å². The van der Waals surface area contributed by atoms with Gasteiger partial charge in [-0.3, -0.25) is 4.79 Å². The summed E-state index contributed by atoms with van der Waals surface area (Å²) in [5.74, 6) is 0.708. The number of rotatable bonds is 5. The molecule has 0 saturated carbocycles. The summed E-state index contributed by atoms with van der Waals surface area (Å²) in [6.07, 6.45) is 0.751. The summed E-state index contributed by atoms with van der Waals surface area (Å²) in [6.45, 7) is 0.565.